The predicted molar refractivity (Wildman–Crippen MR) is 82.3 cm³/mol. The van der Waals surface area contributed by atoms with Crippen LogP contribution in [0.5, 0.6) is 0 Å². The molecule has 4 heteroatoms. The second-order valence-corrected chi connectivity index (χ2v) is 6.00. The Bertz CT molecular complexity index is 595. The summed E-state index contributed by atoms with van der Waals surface area (Å²) in [4.78, 5) is 14.4. The zero-order valence-corrected chi connectivity index (χ0v) is 12.7. The number of benzene rings is 1. The second kappa shape index (κ2) is 6.18. The number of nitrogens with zero attached hydrogens (tertiary/aromatic N) is 1. The number of carbonyl (C=O) groups excluding carboxylic acids is 1. The third-order valence-corrected chi connectivity index (χ3v) is 4.37. The Morgan fingerprint density at radius 1 is 1.40 bits per heavy atom. The molecule has 0 N–H and O–H groups in total. The maximum absolute atomic E-state index is 14.1. The number of thiophene rings is 1. The van der Waals surface area contributed by atoms with Crippen molar-refractivity contribution in [2.45, 2.75) is 26.3 Å². The third kappa shape index (κ3) is 3.25. The van der Waals surface area contributed by atoms with Crippen molar-refractivity contribution in [3.8, 4) is 0 Å². The van der Waals surface area contributed by atoms with Crippen molar-refractivity contribution in [3.05, 3.63) is 52.0 Å². The number of Topliss-reactive ketones (excluding diaryl/α,β-unsaturated/α-hetero) is 1. The van der Waals surface area contributed by atoms with Gasteiger partial charge in [-0.3, -0.25) is 4.79 Å². The van der Waals surface area contributed by atoms with Gasteiger partial charge in [0.15, 0.2) is 5.78 Å². The number of likely N-dealkylation sites (N-methyl/N-ethyl adjacent to an activating group) is 1. The molecule has 2 nitrogen and oxygen atoms in total. The van der Waals surface area contributed by atoms with Crippen LogP contribution in [0.25, 0.3) is 0 Å². The first kappa shape index (κ1) is 14.7. The summed E-state index contributed by atoms with van der Waals surface area (Å²) in [6.45, 7) is 3.51. The Morgan fingerprint density at radius 2 is 2.15 bits per heavy atom. The Kier molecular flexibility index (Phi) is 4.55. The summed E-state index contributed by atoms with van der Waals surface area (Å²) in [5, 5.41) is 2.05. The summed E-state index contributed by atoms with van der Waals surface area (Å²) in [5.41, 5.74) is 0.935. The largest absolute Gasteiger partial charge is 0.369 e. The van der Waals surface area contributed by atoms with Gasteiger partial charge in [-0.2, -0.15) is 0 Å². The van der Waals surface area contributed by atoms with Gasteiger partial charge in [0, 0.05) is 30.0 Å². The highest BCUT2D eigenvalue weighted by molar-refractivity contribution is 7.09. The van der Waals surface area contributed by atoms with E-state index in [9.17, 15) is 9.18 Å². The predicted octanol–water partition coefficient (Wildman–Crippen LogP) is 4.16. The summed E-state index contributed by atoms with van der Waals surface area (Å²) in [5.74, 6) is -0.469. The van der Waals surface area contributed by atoms with E-state index < -0.39 is 0 Å². The van der Waals surface area contributed by atoms with Crippen molar-refractivity contribution in [3.63, 3.8) is 0 Å². The summed E-state index contributed by atoms with van der Waals surface area (Å²) in [6, 6.07) is 8.96. The maximum Gasteiger partial charge on any atom is 0.159 e. The lowest BCUT2D eigenvalue weighted by atomic mass is 10.1. The van der Waals surface area contributed by atoms with Gasteiger partial charge < -0.3 is 4.90 Å². The fourth-order valence-corrected chi connectivity index (χ4v) is 2.93. The van der Waals surface area contributed by atoms with Crippen LogP contribution in [0.15, 0.2) is 35.7 Å². The van der Waals surface area contributed by atoms with Crippen molar-refractivity contribution < 1.29 is 9.18 Å². The van der Waals surface area contributed by atoms with E-state index in [2.05, 4.69) is 13.0 Å². The highest BCUT2D eigenvalue weighted by Gasteiger charge is 2.16. The van der Waals surface area contributed by atoms with Crippen molar-refractivity contribution in [2.24, 2.45) is 0 Å². The summed E-state index contributed by atoms with van der Waals surface area (Å²) >= 11 is 1.71. The molecule has 0 fully saturated rings. The number of ketones is 1. The fourth-order valence-electron chi connectivity index (χ4n) is 2.11. The average molecular weight is 291 g/mol. The van der Waals surface area contributed by atoms with Crippen LogP contribution in [-0.2, 0) is 6.42 Å². The monoisotopic (exact) mass is 291 g/mol. The van der Waals surface area contributed by atoms with Crippen molar-refractivity contribution >= 4 is 22.8 Å². The molecule has 2 rings (SSSR count). The first-order chi connectivity index (χ1) is 9.49. The highest BCUT2D eigenvalue weighted by Crippen LogP contribution is 2.23. The van der Waals surface area contributed by atoms with Crippen LogP contribution in [0.1, 0.15) is 29.1 Å². The molecule has 1 heterocycles. The molecule has 0 amide bonds. The van der Waals surface area contributed by atoms with E-state index in [1.165, 1.54) is 17.9 Å². The lowest BCUT2D eigenvalue weighted by Crippen LogP contribution is -2.31. The number of carbonyl (C=O) groups is 1. The molecule has 1 aromatic heterocycles. The van der Waals surface area contributed by atoms with Gasteiger partial charge in [-0.1, -0.05) is 6.07 Å². The van der Waals surface area contributed by atoms with Crippen LogP contribution in [-0.4, -0.2) is 18.9 Å². The maximum atomic E-state index is 14.1. The van der Waals surface area contributed by atoms with E-state index in [1.807, 2.05) is 23.4 Å². The summed E-state index contributed by atoms with van der Waals surface area (Å²) < 4.78 is 14.1. The standard InChI is InChI=1S/C16H18FNOS/c1-11(9-14-5-4-8-20-14)18(3)16-7-6-13(12(2)19)10-15(16)17/h4-8,10-11H,9H2,1-3H3. The zero-order valence-electron chi connectivity index (χ0n) is 11.9. The summed E-state index contributed by atoms with van der Waals surface area (Å²) in [7, 11) is 1.88. The smallest absolute Gasteiger partial charge is 0.159 e. The second-order valence-electron chi connectivity index (χ2n) is 4.97. The molecule has 0 aliphatic rings. The first-order valence-electron chi connectivity index (χ1n) is 6.54. The molecular weight excluding hydrogens is 273 g/mol. The normalized spacial score (nSPS) is 12.2. The average Bonchev–Trinajstić information content (AvgIpc) is 2.90. The van der Waals surface area contributed by atoms with Crippen molar-refractivity contribution in [1.29, 1.82) is 0 Å². The number of hydrogen-bond acceptors (Lipinski definition) is 3. The van der Waals surface area contributed by atoms with Crippen LogP contribution in [0, 0.1) is 5.82 Å². The van der Waals surface area contributed by atoms with E-state index in [0.717, 1.165) is 6.42 Å². The molecule has 106 valence electrons. The lowest BCUT2D eigenvalue weighted by molar-refractivity contribution is 0.101. The molecule has 0 spiro atoms. The van der Waals surface area contributed by atoms with Gasteiger partial charge >= 0.3 is 0 Å². The molecule has 1 unspecified atom stereocenters. The minimum Gasteiger partial charge on any atom is -0.369 e. The molecule has 1 aromatic carbocycles. The molecule has 2 aromatic rings. The van der Waals surface area contributed by atoms with Crippen LogP contribution in [0.3, 0.4) is 0 Å². The molecule has 20 heavy (non-hydrogen) atoms. The molecule has 1 atom stereocenters. The summed E-state index contributed by atoms with van der Waals surface area (Å²) in [6.07, 6.45) is 0.877. The molecule has 0 radical (unpaired) electrons. The fraction of sp³-hybridized carbons (Fsp3) is 0.312. The quantitative estimate of drug-likeness (QED) is 0.771. The molecule has 0 saturated heterocycles. The van der Waals surface area contributed by atoms with Crippen LogP contribution >= 0.6 is 11.3 Å². The van der Waals surface area contributed by atoms with E-state index >= 15 is 0 Å². The van der Waals surface area contributed by atoms with Gasteiger partial charge in [0.05, 0.1) is 5.69 Å². The van der Waals surface area contributed by atoms with Gasteiger partial charge in [0.25, 0.3) is 0 Å². The Hall–Kier alpha value is -1.68. The van der Waals surface area contributed by atoms with Crippen LogP contribution in [0.2, 0.25) is 0 Å². The molecule has 0 bridgehead atoms. The van der Waals surface area contributed by atoms with Crippen molar-refractivity contribution in [2.75, 3.05) is 11.9 Å². The van der Waals surface area contributed by atoms with Gasteiger partial charge in [-0.25, -0.2) is 4.39 Å². The number of anilines is 1. The first-order valence-corrected chi connectivity index (χ1v) is 7.42. The van der Waals surface area contributed by atoms with Gasteiger partial charge in [-0.15, -0.1) is 11.3 Å². The topological polar surface area (TPSA) is 20.3 Å². The molecule has 0 saturated carbocycles. The van der Waals surface area contributed by atoms with E-state index in [1.54, 1.807) is 23.5 Å². The van der Waals surface area contributed by atoms with Gasteiger partial charge in [0.1, 0.15) is 5.82 Å². The molecule has 0 aliphatic carbocycles. The minimum absolute atomic E-state index is 0.121. The van der Waals surface area contributed by atoms with E-state index in [0.29, 0.717) is 11.3 Å². The zero-order chi connectivity index (χ0) is 14.7. The third-order valence-electron chi connectivity index (χ3n) is 3.47. The minimum atomic E-state index is -0.349. The van der Waals surface area contributed by atoms with Crippen LogP contribution in [0.4, 0.5) is 10.1 Å². The molecular formula is C16H18FNOS. The molecule has 0 aliphatic heterocycles. The van der Waals surface area contributed by atoms with E-state index in [-0.39, 0.29) is 17.6 Å². The van der Waals surface area contributed by atoms with Gasteiger partial charge in [-0.05, 0) is 43.5 Å². The van der Waals surface area contributed by atoms with Crippen molar-refractivity contribution in [1.82, 2.24) is 0 Å². The van der Waals surface area contributed by atoms with E-state index in [4.69, 9.17) is 0 Å². The SMILES string of the molecule is CC(=O)c1ccc(N(C)C(C)Cc2cccs2)c(F)c1. The Balaban J connectivity index is 2.16. The Labute approximate surface area is 122 Å². The lowest BCUT2D eigenvalue weighted by Gasteiger charge is -2.27. The number of rotatable bonds is 5. The number of halogens is 1. The highest BCUT2D eigenvalue weighted by atomic mass is 32.1. The van der Waals surface area contributed by atoms with Gasteiger partial charge in [0.2, 0.25) is 0 Å². The number of hydrogen-bond donors (Lipinski definition) is 0. The van der Waals surface area contributed by atoms with Crippen LogP contribution < -0.4 is 4.90 Å². The Morgan fingerprint density at radius 3 is 2.70 bits per heavy atom.